The molecular formula is C17H23ClN2O2. The molecule has 22 heavy (non-hydrogen) atoms. The molecule has 1 aromatic heterocycles. The molecule has 0 aliphatic rings. The number of nitrogens with zero attached hydrogens (tertiary/aromatic N) is 1. The van der Waals surface area contributed by atoms with Crippen LogP contribution in [0.2, 0.25) is 5.02 Å². The topological polar surface area (TPSA) is 54.3 Å². The molecule has 0 fully saturated rings. The van der Waals surface area contributed by atoms with Crippen LogP contribution in [0.3, 0.4) is 0 Å². The second-order valence-electron chi connectivity index (χ2n) is 6.42. The highest BCUT2D eigenvalue weighted by molar-refractivity contribution is 6.38. The molecule has 0 radical (unpaired) electrons. The van der Waals surface area contributed by atoms with Gasteiger partial charge in [0.15, 0.2) is 0 Å². The lowest BCUT2D eigenvalue weighted by atomic mass is 9.89. The van der Waals surface area contributed by atoms with Gasteiger partial charge in [-0.2, -0.15) is 0 Å². The molecule has 2 N–H and O–H groups in total. The fraction of sp³-hybridized carbons (Fsp3) is 0.471. The zero-order chi connectivity index (χ0) is 16.3. The molecule has 120 valence electrons. The van der Waals surface area contributed by atoms with Crippen molar-refractivity contribution < 1.29 is 9.90 Å². The number of benzene rings is 1. The van der Waals surface area contributed by atoms with Crippen LogP contribution in [0.5, 0.6) is 0 Å². The van der Waals surface area contributed by atoms with Gasteiger partial charge in [-0.3, -0.25) is 4.79 Å². The number of aromatic nitrogens is 1. The van der Waals surface area contributed by atoms with E-state index in [0.29, 0.717) is 17.3 Å². The SMILES string of the molecule is Cn1c(C(=O)NCCCC(C)(C)CO)c(Cl)c2ccccc21. The molecule has 4 nitrogen and oxygen atoms in total. The van der Waals surface area contributed by atoms with Crippen molar-refractivity contribution >= 4 is 28.4 Å². The summed E-state index contributed by atoms with van der Waals surface area (Å²) in [4.78, 5) is 12.4. The monoisotopic (exact) mass is 322 g/mol. The van der Waals surface area contributed by atoms with Gasteiger partial charge in [-0.05, 0) is 24.3 Å². The van der Waals surface area contributed by atoms with Crippen molar-refractivity contribution in [3.8, 4) is 0 Å². The Balaban J connectivity index is 2.05. The predicted octanol–water partition coefficient (Wildman–Crippen LogP) is 3.36. The number of hydrogen-bond acceptors (Lipinski definition) is 2. The zero-order valence-electron chi connectivity index (χ0n) is 13.3. The van der Waals surface area contributed by atoms with Crippen LogP contribution in [0, 0.1) is 5.41 Å². The van der Waals surface area contributed by atoms with E-state index in [1.54, 1.807) is 0 Å². The molecule has 1 heterocycles. The largest absolute Gasteiger partial charge is 0.396 e. The van der Waals surface area contributed by atoms with Crippen molar-refractivity contribution in [3.05, 3.63) is 35.0 Å². The second kappa shape index (κ2) is 6.71. The summed E-state index contributed by atoms with van der Waals surface area (Å²) in [6.45, 7) is 4.74. The summed E-state index contributed by atoms with van der Waals surface area (Å²) >= 11 is 6.35. The number of aliphatic hydroxyl groups excluding tert-OH is 1. The van der Waals surface area contributed by atoms with Crippen LogP contribution < -0.4 is 5.32 Å². The third-order valence-electron chi connectivity index (χ3n) is 4.00. The number of carbonyl (C=O) groups is 1. The van der Waals surface area contributed by atoms with Gasteiger partial charge in [0.1, 0.15) is 5.69 Å². The van der Waals surface area contributed by atoms with Crippen LogP contribution in [-0.2, 0) is 7.05 Å². The number of nitrogens with one attached hydrogen (secondary N) is 1. The van der Waals surface area contributed by atoms with Crippen molar-refractivity contribution in [3.63, 3.8) is 0 Å². The minimum atomic E-state index is -0.162. The van der Waals surface area contributed by atoms with Gasteiger partial charge in [-0.1, -0.05) is 43.6 Å². The number of amides is 1. The van der Waals surface area contributed by atoms with Gasteiger partial charge in [0.2, 0.25) is 0 Å². The summed E-state index contributed by atoms with van der Waals surface area (Å²) in [5.74, 6) is -0.162. The first-order valence-electron chi connectivity index (χ1n) is 7.49. The molecule has 0 aliphatic heterocycles. The van der Waals surface area contributed by atoms with Crippen LogP contribution in [0.15, 0.2) is 24.3 Å². The number of para-hydroxylation sites is 1. The van der Waals surface area contributed by atoms with E-state index in [4.69, 9.17) is 11.6 Å². The second-order valence-corrected chi connectivity index (χ2v) is 6.80. The van der Waals surface area contributed by atoms with E-state index in [1.807, 2.05) is 49.7 Å². The van der Waals surface area contributed by atoms with Crippen molar-refractivity contribution in [2.24, 2.45) is 12.5 Å². The molecule has 0 bridgehead atoms. The number of fused-ring (bicyclic) bond motifs is 1. The summed E-state index contributed by atoms with van der Waals surface area (Å²) in [7, 11) is 1.85. The lowest BCUT2D eigenvalue weighted by Crippen LogP contribution is -2.28. The van der Waals surface area contributed by atoms with E-state index in [9.17, 15) is 9.90 Å². The van der Waals surface area contributed by atoms with E-state index in [0.717, 1.165) is 23.7 Å². The Bertz CT molecular complexity index is 638. The van der Waals surface area contributed by atoms with Crippen LogP contribution in [-0.4, -0.2) is 28.7 Å². The van der Waals surface area contributed by atoms with Gasteiger partial charge >= 0.3 is 0 Å². The number of rotatable bonds is 6. The molecular weight excluding hydrogens is 300 g/mol. The molecule has 0 atom stereocenters. The van der Waals surface area contributed by atoms with Gasteiger partial charge < -0.3 is 15.0 Å². The maximum absolute atomic E-state index is 12.4. The van der Waals surface area contributed by atoms with Gasteiger partial charge in [0.05, 0.1) is 5.02 Å². The first-order valence-corrected chi connectivity index (χ1v) is 7.87. The van der Waals surface area contributed by atoms with Crippen LogP contribution in [0.1, 0.15) is 37.2 Å². The summed E-state index contributed by atoms with van der Waals surface area (Å²) < 4.78 is 1.82. The van der Waals surface area contributed by atoms with Crippen LogP contribution >= 0.6 is 11.6 Å². The van der Waals surface area contributed by atoms with E-state index < -0.39 is 0 Å². The average Bonchev–Trinajstić information content (AvgIpc) is 2.76. The molecule has 5 heteroatoms. The lowest BCUT2D eigenvalue weighted by Gasteiger charge is -2.21. The fourth-order valence-electron chi connectivity index (χ4n) is 2.53. The molecule has 2 aromatic rings. The highest BCUT2D eigenvalue weighted by atomic mass is 35.5. The average molecular weight is 323 g/mol. The van der Waals surface area contributed by atoms with Gasteiger partial charge in [-0.25, -0.2) is 0 Å². The molecule has 2 rings (SSSR count). The smallest absolute Gasteiger partial charge is 0.269 e. The van der Waals surface area contributed by atoms with E-state index in [1.165, 1.54) is 0 Å². The molecule has 0 spiro atoms. The van der Waals surface area contributed by atoms with E-state index in [-0.39, 0.29) is 17.9 Å². The van der Waals surface area contributed by atoms with Crippen molar-refractivity contribution in [2.75, 3.05) is 13.2 Å². The van der Waals surface area contributed by atoms with E-state index in [2.05, 4.69) is 5.32 Å². The van der Waals surface area contributed by atoms with Crippen molar-refractivity contribution in [1.29, 1.82) is 0 Å². The molecule has 1 aromatic carbocycles. The summed E-state index contributed by atoms with van der Waals surface area (Å²) in [5, 5.41) is 13.5. The maximum atomic E-state index is 12.4. The number of aryl methyl sites for hydroxylation is 1. The Hall–Kier alpha value is -1.52. The third kappa shape index (κ3) is 3.45. The standard InChI is InChI=1S/C17H23ClN2O2/c1-17(2,11-21)9-6-10-19-16(22)15-14(18)12-7-4-5-8-13(12)20(15)3/h4-5,7-8,21H,6,9-11H2,1-3H3,(H,19,22). The first kappa shape index (κ1) is 16.8. The Morgan fingerprint density at radius 1 is 1.36 bits per heavy atom. The quantitative estimate of drug-likeness (QED) is 0.801. The minimum absolute atomic E-state index is 0.109. The highest BCUT2D eigenvalue weighted by Crippen LogP contribution is 2.29. The fourth-order valence-corrected chi connectivity index (χ4v) is 2.90. The third-order valence-corrected chi connectivity index (χ3v) is 4.39. The van der Waals surface area contributed by atoms with Gasteiger partial charge in [-0.15, -0.1) is 0 Å². The van der Waals surface area contributed by atoms with E-state index >= 15 is 0 Å². The summed E-state index contributed by atoms with van der Waals surface area (Å²) in [6, 6.07) is 7.70. The Morgan fingerprint density at radius 2 is 2.05 bits per heavy atom. The Kier molecular flexibility index (Phi) is 5.14. The number of aliphatic hydroxyl groups is 1. The lowest BCUT2D eigenvalue weighted by molar-refractivity contribution is 0.0941. The molecule has 0 saturated carbocycles. The minimum Gasteiger partial charge on any atom is -0.396 e. The Morgan fingerprint density at radius 3 is 2.68 bits per heavy atom. The number of carbonyl (C=O) groups excluding carboxylic acids is 1. The Labute approximate surface area is 136 Å². The predicted molar refractivity (Wildman–Crippen MR) is 90.4 cm³/mol. The molecule has 0 saturated heterocycles. The van der Waals surface area contributed by atoms with Crippen LogP contribution in [0.25, 0.3) is 10.9 Å². The maximum Gasteiger partial charge on any atom is 0.269 e. The van der Waals surface area contributed by atoms with Gasteiger partial charge in [0, 0.05) is 31.1 Å². The zero-order valence-corrected chi connectivity index (χ0v) is 14.1. The van der Waals surface area contributed by atoms with Crippen LogP contribution in [0.4, 0.5) is 0 Å². The first-order chi connectivity index (χ1) is 10.4. The van der Waals surface area contributed by atoms with Crippen molar-refractivity contribution in [1.82, 2.24) is 9.88 Å². The van der Waals surface area contributed by atoms with Gasteiger partial charge in [0.25, 0.3) is 5.91 Å². The molecule has 1 amide bonds. The summed E-state index contributed by atoms with van der Waals surface area (Å²) in [6.07, 6.45) is 1.67. The number of halogens is 1. The molecule has 0 unspecified atom stereocenters. The highest BCUT2D eigenvalue weighted by Gasteiger charge is 2.20. The molecule has 0 aliphatic carbocycles. The normalized spacial score (nSPS) is 11.9. The number of hydrogen-bond donors (Lipinski definition) is 2. The van der Waals surface area contributed by atoms with Crippen molar-refractivity contribution in [2.45, 2.75) is 26.7 Å². The summed E-state index contributed by atoms with van der Waals surface area (Å²) in [5.41, 5.74) is 1.32.